The van der Waals surface area contributed by atoms with E-state index in [0.717, 1.165) is 38.6 Å². The standard InChI is InChI=1S/C23H31ClN4O2S.ClH/c1-27(2)13-6-14-28(22(30)17-7-4-3-5-8-17)23-26-20(16-31-23)15-21(29)25-19-11-9-18(24)10-12-19;/h9-12,16-17H,3-8,13-15H2,1-2H3,(H,25,29);1H. The first-order chi connectivity index (χ1) is 14.9. The summed E-state index contributed by atoms with van der Waals surface area (Å²) in [5, 5.41) is 6.06. The molecule has 9 heteroatoms. The second-order valence-electron chi connectivity index (χ2n) is 8.33. The van der Waals surface area contributed by atoms with Gasteiger partial charge in [-0.3, -0.25) is 14.5 Å². The van der Waals surface area contributed by atoms with Crippen molar-refractivity contribution in [2.75, 3.05) is 37.4 Å². The number of thiazole rings is 1. The van der Waals surface area contributed by atoms with E-state index in [1.807, 2.05) is 24.4 Å². The molecule has 0 spiro atoms. The molecule has 1 heterocycles. The van der Waals surface area contributed by atoms with Crippen LogP contribution >= 0.6 is 35.3 Å². The zero-order valence-corrected chi connectivity index (χ0v) is 21.1. The number of nitrogens with zero attached hydrogens (tertiary/aromatic N) is 3. The number of carbonyl (C=O) groups excluding carboxylic acids is 2. The van der Waals surface area contributed by atoms with E-state index in [1.165, 1.54) is 17.8 Å². The summed E-state index contributed by atoms with van der Waals surface area (Å²) in [6.07, 6.45) is 6.44. The number of carbonyl (C=O) groups is 2. The molecule has 1 N–H and O–H groups in total. The van der Waals surface area contributed by atoms with Crippen molar-refractivity contribution in [1.29, 1.82) is 0 Å². The van der Waals surface area contributed by atoms with E-state index in [2.05, 4.69) is 15.2 Å². The van der Waals surface area contributed by atoms with Gasteiger partial charge in [0.05, 0.1) is 12.1 Å². The largest absolute Gasteiger partial charge is 0.326 e. The first kappa shape index (κ1) is 26.6. The van der Waals surface area contributed by atoms with Crippen molar-refractivity contribution in [3.8, 4) is 0 Å². The third-order valence-corrected chi connectivity index (χ3v) is 6.61. The molecular formula is C23H32Cl2N4O2S. The van der Waals surface area contributed by atoms with Gasteiger partial charge in [-0.1, -0.05) is 30.9 Å². The van der Waals surface area contributed by atoms with Crippen molar-refractivity contribution >= 4 is 58.0 Å². The van der Waals surface area contributed by atoms with Gasteiger partial charge in [0.25, 0.3) is 0 Å². The molecule has 32 heavy (non-hydrogen) atoms. The molecule has 1 aromatic heterocycles. The van der Waals surface area contributed by atoms with Gasteiger partial charge in [0.2, 0.25) is 11.8 Å². The van der Waals surface area contributed by atoms with Gasteiger partial charge in [-0.05, 0) is 64.2 Å². The highest BCUT2D eigenvalue weighted by atomic mass is 35.5. The van der Waals surface area contributed by atoms with Crippen molar-refractivity contribution in [1.82, 2.24) is 9.88 Å². The van der Waals surface area contributed by atoms with Gasteiger partial charge in [0.1, 0.15) is 0 Å². The van der Waals surface area contributed by atoms with Crippen molar-refractivity contribution < 1.29 is 9.59 Å². The smallest absolute Gasteiger partial charge is 0.231 e. The van der Waals surface area contributed by atoms with Crippen LogP contribution in [0.2, 0.25) is 5.02 Å². The second kappa shape index (κ2) is 13.1. The highest BCUT2D eigenvalue weighted by Crippen LogP contribution is 2.29. The van der Waals surface area contributed by atoms with E-state index >= 15 is 0 Å². The van der Waals surface area contributed by atoms with Crippen LogP contribution in [0.4, 0.5) is 10.8 Å². The Kier molecular flexibility index (Phi) is 10.9. The Morgan fingerprint density at radius 2 is 1.81 bits per heavy atom. The lowest BCUT2D eigenvalue weighted by Crippen LogP contribution is -2.38. The third-order valence-electron chi connectivity index (χ3n) is 5.45. The summed E-state index contributed by atoms with van der Waals surface area (Å²) >= 11 is 7.33. The SMILES string of the molecule is CN(C)CCCN(C(=O)C1CCCCC1)c1nc(CC(=O)Nc2ccc(Cl)cc2)cs1.Cl. The molecule has 1 aliphatic carbocycles. The predicted molar refractivity (Wildman–Crippen MR) is 135 cm³/mol. The first-order valence-corrected chi connectivity index (χ1v) is 12.1. The van der Waals surface area contributed by atoms with E-state index in [4.69, 9.17) is 11.6 Å². The van der Waals surface area contributed by atoms with Crippen molar-refractivity contribution in [3.05, 3.63) is 40.4 Å². The van der Waals surface area contributed by atoms with Crippen LogP contribution in [0.1, 0.15) is 44.2 Å². The molecule has 0 unspecified atom stereocenters. The van der Waals surface area contributed by atoms with E-state index in [1.54, 1.807) is 24.3 Å². The normalized spacial score (nSPS) is 14.1. The first-order valence-electron chi connectivity index (χ1n) is 10.9. The number of aromatic nitrogens is 1. The van der Waals surface area contributed by atoms with Gasteiger partial charge in [0.15, 0.2) is 5.13 Å². The van der Waals surface area contributed by atoms with E-state index in [-0.39, 0.29) is 36.6 Å². The van der Waals surface area contributed by atoms with Crippen LogP contribution in [0, 0.1) is 5.92 Å². The van der Waals surface area contributed by atoms with Crippen LogP contribution in [0.3, 0.4) is 0 Å². The summed E-state index contributed by atoms with van der Waals surface area (Å²) in [4.78, 5) is 34.3. The zero-order valence-electron chi connectivity index (χ0n) is 18.7. The quantitative estimate of drug-likeness (QED) is 0.511. The number of hydrogen-bond acceptors (Lipinski definition) is 5. The molecule has 1 saturated carbocycles. The molecule has 1 aliphatic rings. The molecule has 3 rings (SSSR count). The van der Waals surface area contributed by atoms with E-state index < -0.39 is 0 Å². The molecule has 2 aromatic rings. The van der Waals surface area contributed by atoms with E-state index in [9.17, 15) is 9.59 Å². The summed E-state index contributed by atoms with van der Waals surface area (Å²) in [7, 11) is 4.07. The summed E-state index contributed by atoms with van der Waals surface area (Å²) in [5.74, 6) is 0.135. The van der Waals surface area contributed by atoms with Gasteiger partial charge in [-0.15, -0.1) is 23.7 Å². The van der Waals surface area contributed by atoms with Crippen molar-refractivity contribution in [2.24, 2.45) is 5.92 Å². The number of rotatable bonds is 9. The Bertz CT molecular complexity index is 867. The summed E-state index contributed by atoms with van der Waals surface area (Å²) in [6.45, 7) is 1.56. The predicted octanol–water partition coefficient (Wildman–Crippen LogP) is 5.26. The average Bonchev–Trinajstić information content (AvgIpc) is 3.20. The molecule has 0 bridgehead atoms. The number of benzene rings is 1. The van der Waals surface area contributed by atoms with Crippen LogP contribution < -0.4 is 10.2 Å². The minimum absolute atomic E-state index is 0. The molecule has 2 amide bonds. The zero-order chi connectivity index (χ0) is 22.2. The van der Waals surface area contributed by atoms with Gasteiger partial charge in [-0.25, -0.2) is 4.98 Å². The number of nitrogens with one attached hydrogen (secondary N) is 1. The number of halogens is 2. The van der Waals surface area contributed by atoms with Gasteiger partial charge in [0, 0.05) is 28.6 Å². The Labute approximate surface area is 205 Å². The highest BCUT2D eigenvalue weighted by molar-refractivity contribution is 7.14. The van der Waals surface area contributed by atoms with Gasteiger partial charge in [-0.2, -0.15) is 0 Å². The van der Waals surface area contributed by atoms with E-state index in [0.29, 0.717) is 28.1 Å². The third kappa shape index (κ3) is 8.03. The maximum atomic E-state index is 13.3. The molecule has 0 atom stereocenters. The van der Waals surface area contributed by atoms with Crippen LogP contribution in [-0.2, 0) is 16.0 Å². The molecule has 1 fully saturated rings. The highest BCUT2D eigenvalue weighted by Gasteiger charge is 2.28. The number of anilines is 2. The second-order valence-corrected chi connectivity index (χ2v) is 9.61. The molecular weight excluding hydrogens is 467 g/mol. The molecule has 0 radical (unpaired) electrons. The number of hydrogen-bond donors (Lipinski definition) is 1. The van der Waals surface area contributed by atoms with Gasteiger partial charge < -0.3 is 10.2 Å². The lowest BCUT2D eigenvalue weighted by molar-refractivity contribution is -0.123. The lowest BCUT2D eigenvalue weighted by atomic mass is 9.88. The molecule has 176 valence electrons. The van der Waals surface area contributed by atoms with Crippen LogP contribution in [0.15, 0.2) is 29.6 Å². The fourth-order valence-corrected chi connectivity index (χ4v) is 4.80. The van der Waals surface area contributed by atoms with Gasteiger partial charge >= 0.3 is 0 Å². The fourth-order valence-electron chi connectivity index (χ4n) is 3.82. The van der Waals surface area contributed by atoms with Crippen molar-refractivity contribution in [2.45, 2.75) is 44.9 Å². The van der Waals surface area contributed by atoms with Crippen LogP contribution in [-0.4, -0.2) is 48.9 Å². The Hall–Kier alpha value is -1.67. The summed E-state index contributed by atoms with van der Waals surface area (Å²) in [5.41, 5.74) is 1.38. The fraction of sp³-hybridized carbons (Fsp3) is 0.522. The Morgan fingerprint density at radius 1 is 1.12 bits per heavy atom. The molecule has 6 nitrogen and oxygen atoms in total. The maximum absolute atomic E-state index is 13.3. The summed E-state index contributed by atoms with van der Waals surface area (Å²) < 4.78 is 0. The minimum atomic E-state index is -0.142. The minimum Gasteiger partial charge on any atom is -0.326 e. The molecule has 1 aromatic carbocycles. The molecule has 0 aliphatic heterocycles. The van der Waals surface area contributed by atoms with Crippen LogP contribution in [0.5, 0.6) is 0 Å². The Balaban J connectivity index is 0.00000363. The topological polar surface area (TPSA) is 65.5 Å². The average molecular weight is 500 g/mol. The summed E-state index contributed by atoms with van der Waals surface area (Å²) in [6, 6.07) is 7.01. The number of amides is 2. The Morgan fingerprint density at radius 3 is 2.47 bits per heavy atom. The lowest BCUT2D eigenvalue weighted by Gasteiger charge is -2.28. The maximum Gasteiger partial charge on any atom is 0.231 e. The van der Waals surface area contributed by atoms with Crippen molar-refractivity contribution in [3.63, 3.8) is 0 Å². The van der Waals surface area contributed by atoms with Crippen LogP contribution in [0.25, 0.3) is 0 Å². The monoisotopic (exact) mass is 498 g/mol. The molecule has 0 saturated heterocycles.